The first-order chi connectivity index (χ1) is 3.41. The van der Waals surface area contributed by atoms with Crippen LogP contribution in [0.1, 0.15) is 6.92 Å². The molecule has 0 saturated carbocycles. The summed E-state index contributed by atoms with van der Waals surface area (Å²) in [5.41, 5.74) is 0. The Morgan fingerprint density at radius 1 is 0.900 bits per heavy atom. The Morgan fingerprint density at radius 3 is 0.900 bits per heavy atom. The molecule has 0 atom stereocenters. The zero-order valence-electron chi connectivity index (χ0n) is 5.11. The van der Waals surface area contributed by atoms with Gasteiger partial charge in [0.25, 0.3) is 0 Å². The van der Waals surface area contributed by atoms with Gasteiger partial charge < -0.3 is 0 Å². The van der Waals surface area contributed by atoms with E-state index < -0.39 is 0 Å². The van der Waals surface area contributed by atoms with Crippen LogP contribution in [0.25, 0.3) is 0 Å². The molecule has 0 fully saturated rings. The molecule has 0 saturated heterocycles. The van der Waals surface area contributed by atoms with Gasteiger partial charge >= 0.3 is 132 Å². The standard InChI is InChI=1S/C3H6.2C2H4.2K.Na.3H/c1-3-2;2*1-2;;;;;;/h3H,1H2,2H3;2*1-2H2;;;;;;. The molecule has 0 aromatic rings. The molecule has 0 aromatic carbocycles. The average Bonchev–Trinajstić information content (AvgIpc) is 1.78. The molecule has 0 radical (unpaired) electrons. The van der Waals surface area contributed by atoms with Crippen LogP contribution in [0, 0.1) is 0 Å². The van der Waals surface area contributed by atoms with Gasteiger partial charge in [0.15, 0.2) is 0 Å². The molecule has 0 spiro atoms. The zero-order chi connectivity index (χ0) is 6.71. The van der Waals surface area contributed by atoms with Crippen molar-refractivity contribution >= 4 is 132 Å². The Bertz CT molecular complexity index is 30.8. The second-order valence-corrected chi connectivity index (χ2v) is 0.408. The van der Waals surface area contributed by atoms with E-state index in [-0.39, 0.29) is 132 Å². The number of rotatable bonds is 0. The van der Waals surface area contributed by atoms with Gasteiger partial charge in [-0.05, 0) is 6.92 Å². The minimum atomic E-state index is 0. The molecule has 0 rings (SSSR count). The van der Waals surface area contributed by atoms with Gasteiger partial charge in [0.05, 0.1) is 0 Å². The van der Waals surface area contributed by atoms with Crippen LogP contribution < -0.4 is 0 Å². The van der Waals surface area contributed by atoms with Crippen molar-refractivity contribution in [2.75, 3.05) is 0 Å². The van der Waals surface area contributed by atoms with Crippen LogP contribution in [0.4, 0.5) is 0 Å². The fourth-order valence-electron chi connectivity index (χ4n) is 0. The van der Waals surface area contributed by atoms with E-state index in [2.05, 4.69) is 32.9 Å². The predicted molar refractivity (Wildman–Crippen MR) is 59.8 cm³/mol. The Labute approximate surface area is 173 Å². The summed E-state index contributed by atoms with van der Waals surface area (Å²) in [5, 5.41) is 0. The Kier molecular flexibility index (Phi) is 307. The molecule has 0 aliphatic heterocycles. The van der Waals surface area contributed by atoms with Gasteiger partial charge in [0, 0.05) is 0 Å². The second kappa shape index (κ2) is 81.7. The van der Waals surface area contributed by atoms with Gasteiger partial charge in [-0.2, -0.15) is 0 Å². The molecule has 0 heterocycles. The second-order valence-electron chi connectivity index (χ2n) is 0.408. The van der Waals surface area contributed by atoms with Crippen LogP contribution in [-0.2, 0) is 0 Å². The van der Waals surface area contributed by atoms with E-state index in [9.17, 15) is 0 Å². The average molecular weight is 202 g/mol. The molecule has 3 heteroatoms. The number of hydrogen-bond acceptors (Lipinski definition) is 0. The van der Waals surface area contributed by atoms with E-state index in [0.29, 0.717) is 0 Å². The van der Waals surface area contributed by atoms with Crippen molar-refractivity contribution in [2.24, 2.45) is 0 Å². The molecular formula is C7H17K2Na. The summed E-state index contributed by atoms with van der Waals surface area (Å²) in [6.07, 6.45) is 1.75. The van der Waals surface area contributed by atoms with E-state index in [1.807, 2.05) is 6.92 Å². The van der Waals surface area contributed by atoms with Crippen molar-refractivity contribution in [3.8, 4) is 0 Å². The summed E-state index contributed by atoms with van der Waals surface area (Å²) >= 11 is 0. The molecule has 0 amide bonds. The summed E-state index contributed by atoms with van der Waals surface area (Å²) in [7, 11) is 0. The fraction of sp³-hybridized carbons (Fsp3) is 0.143. The minimum absolute atomic E-state index is 0. The Hall–Kier alpha value is 3.49. The number of hydrogen-bond donors (Lipinski definition) is 0. The van der Waals surface area contributed by atoms with Crippen molar-refractivity contribution in [3.05, 3.63) is 39.0 Å². The Morgan fingerprint density at radius 2 is 0.900 bits per heavy atom. The van der Waals surface area contributed by atoms with Crippen LogP contribution >= 0.6 is 0 Å². The molecule has 0 aromatic heterocycles. The molecule has 0 nitrogen and oxygen atoms in total. The third kappa shape index (κ3) is 104. The van der Waals surface area contributed by atoms with Crippen molar-refractivity contribution in [2.45, 2.75) is 6.92 Å². The van der Waals surface area contributed by atoms with Crippen molar-refractivity contribution in [1.29, 1.82) is 0 Å². The van der Waals surface area contributed by atoms with E-state index in [1.165, 1.54) is 0 Å². The molecule has 0 N–H and O–H groups in total. The van der Waals surface area contributed by atoms with Gasteiger partial charge in [-0.15, -0.1) is 32.9 Å². The molecule has 0 bridgehead atoms. The summed E-state index contributed by atoms with van der Waals surface area (Å²) in [6, 6.07) is 0. The third-order valence-electron chi connectivity index (χ3n) is 0. The van der Waals surface area contributed by atoms with Gasteiger partial charge in [0.2, 0.25) is 0 Å². The Balaban J connectivity index is -0.00000000536. The van der Waals surface area contributed by atoms with Gasteiger partial charge in [-0.1, -0.05) is 6.08 Å². The quantitative estimate of drug-likeness (QED) is 0.404. The van der Waals surface area contributed by atoms with Gasteiger partial charge in [0.1, 0.15) is 0 Å². The van der Waals surface area contributed by atoms with Gasteiger partial charge in [-0.25, -0.2) is 0 Å². The maximum atomic E-state index is 3.36. The van der Waals surface area contributed by atoms with Crippen LogP contribution in [0.5, 0.6) is 0 Å². The zero-order valence-corrected chi connectivity index (χ0v) is 5.11. The molecule has 0 aliphatic rings. The first-order valence-corrected chi connectivity index (χ1v) is 1.99. The van der Waals surface area contributed by atoms with E-state index >= 15 is 0 Å². The first kappa shape index (κ1) is 37.5. The molecule has 48 valence electrons. The summed E-state index contributed by atoms with van der Waals surface area (Å²) in [5.74, 6) is 0. The summed E-state index contributed by atoms with van der Waals surface area (Å²) in [4.78, 5) is 0. The first-order valence-electron chi connectivity index (χ1n) is 1.99. The van der Waals surface area contributed by atoms with E-state index in [4.69, 9.17) is 0 Å². The molecule has 0 unspecified atom stereocenters. The topological polar surface area (TPSA) is 0 Å². The normalized spacial score (nSPS) is 2.10. The monoisotopic (exact) mass is 202 g/mol. The van der Waals surface area contributed by atoms with Crippen molar-refractivity contribution in [3.63, 3.8) is 0 Å². The van der Waals surface area contributed by atoms with Crippen molar-refractivity contribution in [1.82, 2.24) is 0 Å². The van der Waals surface area contributed by atoms with E-state index in [0.717, 1.165) is 0 Å². The molecule has 10 heavy (non-hydrogen) atoms. The van der Waals surface area contributed by atoms with Crippen LogP contribution in [0.15, 0.2) is 39.0 Å². The van der Waals surface area contributed by atoms with Crippen LogP contribution in [0.2, 0.25) is 0 Å². The van der Waals surface area contributed by atoms with Crippen molar-refractivity contribution < 1.29 is 0 Å². The number of allylic oxidation sites excluding steroid dienone is 1. The van der Waals surface area contributed by atoms with Gasteiger partial charge in [-0.3, -0.25) is 0 Å². The van der Waals surface area contributed by atoms with Crippen LogP contribution in [0.3, 0.4) is 0 Å². The molecule has 0 aliphatic carbocycles. The summed E-state index contributed by atoms with van der Waals surface area (Å²) in [6.45, 7) is 17.2. The molecular weight excluding hydrogens is 185 g/mol. The summed E-state index contributed by atoms with van der Waals surface area (Å²) < 4.78 is 0. The predicted octanol–water partition coefficient (Wildman–Crippen LogP) is 0.851. The van der Waals surface area contributed by atoms with Crippen LogP contribution in [-0.4, -0.2) is 132 Å². The third-order valence-corrected chi connectivity index (χ3v) is 0. The fourth-order valence-corrected chi connectivity index (χ4v) is 0. The SMILES string of the molecule is C=C.C=C.C=CC.[KH].[KH].[NaH]. The maximum absolute atomic E-state index is 3.36. The van der Waals surface area contributed by atoms with E-state index in [1.54, 1.807) is 6.08 Å².